The second-order valence-electron chi connectivity index (χ2n) is 7.51. The van der Waals surface area contributed by atoms with Crippen LogP contribution in [0.15, 0.2) is 33.7 Å². The standard InChI is InChI=1S/C18H26BrN3O4/c1-17(2,3)25-15(23)21-14(22-16(24)26-18(4,5)6)20-11-12-9-7-8-10-13(12)19/h7-10H,11H2,1-6H3,(H2,20,21,22,23,24). The van der Waals surface area contributed by atoms with Gasteiger partial charge in [-0.2, -0.15) is 0 Å². The van der Waals surface area contributed by atoms with Gasteiger partial charge in [-0.15, -0.1) is 0 Å². The topological polar surface area (TPSA) is 89.0 Å². The number of guanidine groups is 1. The fraction of sp³-hybridized carbons (Fsp3) is 0.500. The highest BCUT2D eigenvalue weighted by Gasteiger charge is 2.21. The Hall–Kier alpha value is -2.09. The van der Waals surface area contributed by atoms with E-state index in [-0.39, 0.29) is 12.5 Å². The van der Waals surface area contributed by atoms with Crippen molar-refractivity contribution in [2.24, 2.45) is 4.99 Å². The number of ether oxygens (including phenoxy) is 2. The van der Waals surface area contributed by atoms with Gasteiger partial charge in [-0.25, -0.2) is 14.6 Å². The monoisotopic (exact) mass is 427 g/mol. The Balaban J connectivity index is 2.90. The lowest BCUT2D eigenvalue weighted by atomic mass is 10.2. The molecule has 7 nitrogen and oxygen atoms in total. The highest BCUT2D eigenvalue weighted by Crippen LogP contribution is 2.16. The minimum Gasteiger partial charge on any atom is -0.444 e. The number of amides is 2. The largest absolute Gasteiger partial charge is 0.444 e. The van der Waals surface area contributed by atoms with Gasteiger partial charge in [-0.3, -0.25) is 10.6 Å². The maximum atomic E-state index is 12.0. The first-order valence-corrected chi connectivity index (χ1v) is 8.93. The van der Waals surface area contributed by atoms with Crippen molar-refractivity contribution in [1.29, 1.82) is 0 Å². The number of halogens is 1. The molecule has 1 aromatic carbocycles. The summed E-state index contributed by atoms with van der Waals surface area (Å²) in [5, 5.41) is 4.88. The van der Waals surface area contributed by atoms with Crippen LogP contribution in [0.3, 0.4) is 0 Å². The highest BCUT2D eigenvalue weighted by atomic mass is 79.9. The second-order valence-corrected chi connectivity index (χ2v) is 8.36. The third-order valence-electron chi connectivity index (χ3n) is 2.60. The van der Waals surface area contributed by atoms with Gasteiger partial charge in [0.15, 0.2) is 0 Å². The number of nitrogens with one attached hydrogen (secondary N) is 2. The van der Waals surface area contributed by atoms with Gasteiger partial charge >= 0.3 is 12.2 Å². The summed E-state index contributed by atoms with van der Waals surface area (Å²) in [7, 11) is 0. The first-order chi connectivity index (χ1) is 11.9. The van der Waals surface area contributed by atoms with Crippen molar-refractivity contribution in [1.82, 2.24) is 10.6 Å². The van der Waals surface area contributed by atoms with E-state index in [4.69, 9.17) is 9.47 Å². The molecule has 0 saturated heterocycles. The molecule has 0 fully saturated rings. The Morgan fingerprint density at radius 1 is 0.962 bits per heavy atom. The van der Waals surface area contributed by atoms with Crippen LogP contribution in [0.5, 0.6) is 0 Å². The average Bonchev–Trinajstić information content (AvgIpc) is 2.41. The van der Waals surface area contributed by atoms with Crippen LogP contribution < -0.4 is 10.6 Å². The van der Waals surface area contributed by atoms with E-state index in [2.05, 4.69) is 31.6 Å². The average molecular weight is 428 g/mol. The normalized spacial score (nSPS) is 11.3. The van der Waals surface area contributed by atoms with Crippen molar-refractivity contribution in [3.05, 3.63) is 34.3 Å². The van der Waals surface area contributed by atoms with E-state index in [0.29, 0.717) is 0 Å². The Kier molecular flexibility index (Phi) is 7.62. The molecule has 2 amide bonds. The zero-order chi connectivity index (χ0) is 20.0. The summed E-state index contributed by atoms with van der Waals surface area (Å²) >= 11 is 3.43. The molecule has 0 spiro atoms. The minimum absolute atomic E-state index is 0.0516. The maximum absolute atomic E-state index is 12.0. The molecular weight excluding hydrogens is 402 g/mol. The molecule has 8 heteroatoms. The molecule has 0 aliphatic carbocycles. The zero-order valence-corrected chi connectivity index (χ0v) is 17.6. The fourth-order valence-corrected chi connectivity index (χ4v) is 2.11. The third-order valence-corrected chi connectivity index (χ3v) is 3.38. The zero-order valence-electron chi connectivity index (χ0n) is 16.0. The van der Waals surface area contributed by atoms with Crippen molar-refractivity contribution >= 4 is 34.1 Å². The van der Waals surface area contributed by atoms with E-state index in [1.54, 1.807) is 41.5 Å². The molecule has 1 rings (SSSR count). The molecule has 0 saturated carbocycles. The van der Waals surface area contributed by atoms with E-state index in [1.807, 2.05) is 24.3 Å². The van der Waals surface area contributed by atoms with Crippen molar-refractivity contribution in [3.63, 3.8) is 0 Å². The van der Waals surface area contributed by atoms with E-state index < -0.39 is 23.4 Å². The molecular formula is C18H26BrN3O4. The van der Waals surface area contributed by atoms with Crippen molar-refractivity contribution in [2.45, 2.75) is 59.3 Å². The van der Waals surface area contributed by atoms with Gasteiger partial charge in [-0.05, 0) is 53.2 Å². The summed E-state index contributed by atoms with van der Waals surface area (Å²) in [6.07, 6.45) is -1.45. The third kappa shape index (κ3) is 9.41. The number of carbonyl (C=O) groups is 2. The molecule has 0 aromatic heterocycles. The number of alkyl carbamates (subject to hydrolysis) is 2. The first kappa shape index (κ1) is 22.0. The van der Waals surface area contributed by atoms with Crippen LogP contribution in [-0.4, -0.2) is 29.3 Å². The predicted molar refractivity (Wildman–Crippen MR) is 104 cm³/mol. The van der Waals surface area contributed by atoms with Crippen LogP contribution in [0.25, 0.3) is 0 Å². The smallest absolute Gasteiger partial charge is 0.414 e. The molecule has 0 aliphatic heterocycles. The van der Waals surface area contributed by atoms with E-state index in [9.17, 15) is 9.59 Å². The van der Waals surface area contributed by atoms with E-state index in [0.717, 1.165) is 10.0 Å². The number of rotatable bonds is 2. The van der Waals surface area contributed by atoms with E-state index in [1.165, 1.54) is 0 Å². The molecule has 1 aromatic rings. The summed E-state index contributed by atoms with van der Waals surface area (Å²) in [4.78, 5) is 28.3. The molecule has 144 valence electrons. The van der Waals surface area contributed by atoms with Crippen molar-refractivity contribution in [2.75, 3.05) is 0 Å². The lowest BCUT2D eigenvalue weighted by molar-refractivity contribution is 0.0545. The predicted octanol–water partition coefficient (Wildman–Crippen LogP) is 4.35. The number of hydrogen-bond acceptors (Lipinski definition) is 5. The number of benzene rings is 1. The van der Waals surface area contributed by atoms with Crippen molar-refractivity contribution < 1.29 is 19.1 Å². The maximum Gasteiger partial charge on any atom is 0.414 e. The summed E-state index contributed by atoms with van der Waals surface area (Å²) in [5.41, 5.74) is -0.463. The van der Waals surface area contributed by atoms with Gasteiger partial charge in [0.05, 0.1) is 6.54 Å². The van der Waals surface area contributed by atoms with Gasteiger partial charge in [0, 0.05) is 4.47 Å². The van der Waals surface area contributed by atoms with Crippen LogP contribution in [0, 0.1) is 0 Å². The van der Waals surface area contributed by atoms with Gasteiger partial charge in [0.1, 0.15) is 11.2 Å². The Morgan fingerprint density at radius 3 is 1.85 bits per heavy atom. The minimum atomic E-state index is -0.723. The molecule has 0 aliphatic rings. The fourth-order valence-electron chi connectivity index (χ4n) is 1.70. The summed E-state index contributed by atoms with van der Waals surface area (Å²) < 4.78 is 11.3. The Labute approximate surface area is 162 Å². The number of nitrogens with zero attached hydrogens (tertiary/aromatic N) is 1. The highest BCUT2D eigenvalue weighted by molar-refractivity contribution is 9.10. The lowest BCUT2D eigenvalue weighted by Crippen LogP contribution is -2.47. The summed E-state index contributed by atoms with van der Waals surface area (Å²) in [6.45, 7) is 10.7. The molecule has 26 heavy (non-hydrogen) atoms. The Bertz CT molecular complexity index is 644. The SMILES string of the molecule is CC(C)(C)OC(=O)NC(=NCc1ccccc1Br)NC(=O)OC(C)(C)C. The summed E-state index contributed by atoms with van der Waals surface area (Å²) in [5.74, 6) is -0.0516. The van der Waals surface area contributed by atoms with Gasteiger partial charge in [0.25, 0.3) is 0 Å². The van der Waals surface area contributed by atoms with Gasteiger partial charge in [0.2, 0.25) is 5.96 Å². The molecule has 2 N–H and O–H groups in total. The Morgan fingerprint density at radius 2 is 1.42 bits per heavy atom. The van der Waals surface area contributed by atoms with Crippen LogP contribution in [0.1, 0.15) is 47.1 Å². The first-order valence-electron chi connectivity index (χ1n) is 8.13. The number of aliphatic imine (C=N–C) groups is 1. The van der Waals surface area contributed by atoms with E-state index >= 15 is 0 Å². The van der Waals surface area contributed by atoms with Crippen LogP contribution in [0.4, 0.5) is 9.59 Å². The lowest BCUT2D eigenvalue weighted by Gasteiger charge is -2.22. The van der Waals surface area contributed by atoms with Gasteiger partial charge < -0.3 is 9.47 Å². The quantitative estimate of drug-likeness (QED) is 0.541. The van der Waals surface area contributed by atoms with Crippen LogP contribution >= 0.6 is 15.9 Å². The van der Waals surface area contributed by atoms with Gasteiger partial charge in [-0.1, -0.05) is 34.1 Å². The molecule has 0 heterocycles. The second kappa shape index (κ2) is 9.02. The molecule has 0 radical (unpaired) electrons. The van der Waals surface area contributed by atoms with Crippen LogP contribution in [0.2, 0.25) is 0 Å². The molecule has 0 unspecified atom stereocenters. The number of carbonyl (C=O) groups excluding carboxylic acids is 2. The van der Waals surface area contributed by atoms with Crippen LogP contribution in [-0.2, 0) is 16.0 Å². The summed E-state index contributed by atoms with van der Waals surface area (Å²) in [6, 6.07) is 7.52. The molecule has 0 atom stereocenters. The van der Waals surface area contributed by atoms with Crippen molar-refractivity contribution in [3.8, 4) is 0 Å². The number of hydrogen-bond donors (Lipinski definition) is 2. The molecule has 0 bridgehead atoms.